The Morgan fingerprint density at radius 1 is 1.12 bits per heavy atom. The van der Waals surface area contributed by atoms with Crippen LogP contribution in [0.4, 0.5) is 0 Å². The van der Waals surface area contributed by atoms with Crippen molar-refractivity contribution in [3.8, 4) is 0 Å². The van der Waals surface area contributed by atoms with Crippen LogP contribution in [0.3, 0.4) is 0 Å². The normalized spacial score (nSPS) is 22.0. The summed E-state index contributed by atoms with van der Waals surface area (Å²) in [7, 11) is 0. The zero-order valence-electron chi connectivity index (χ0n) is 13.9. The fourth-order valence-electron chi connectivity index (χ4n) is 3.11. The summed E-state index contributed by atoms with van der Waals surface area (Å²) in [5.41, 5.74) is 1.29. The van der Waals surface area contributed by atoms with Crippen molar-refractivity contribution >= 4 is 30.7 Å². The van der Waals surface area contributed by atoms with Gasteiger partial charge in [0, 0.05) is 39.3 Å². The van der Waals surface area contributed by atoms with E-state index < -0.39 is 0 Å². The molecule has 3 rings (SSSR count). The summed E-state index contributed by atoms with van der Waals surface area (Å²) < 4.78 is 5.75. The van der Waals surface area contributed by atoms with Crippen LogP contribution in [0, 0.1) is 0 Å². The maximum atomic E-state index is 12.7. The molecule has 2 heterocycles. The van der Waals surface area contributed by atoms with E-state index in [0.717, 1.165) is 45.7 Å². The Kier molecular flexibility index (Phi) is 9.63. The lowest BCUT2D eigenvalue weighted by Crippen LogP contribution is -2.51. The molecule has 24 heavy (non-hydrogen) atoms. The summed E-state index contributed by atoms with van der Waals surface area (Å²) in [5.74, 6) is 0.154. The van der Waals surface area contributed by atoms with Crippen molar-refractivity contribution < 1.29 is 9.53 Å². The molecule has 0 spiro atoms. The number of rotatable bonds is 3. The van der Waals surface area contributed by atoms with Gasteiger partial charge in [0.05, 0.1) is 6.61 Å². The number of hydrogen-bond donors (Lipinski definition) is 1. The van der Waals surface area contributed by atoms with Crippen molar-refractivity contribution in [2.75, 3.05) is 45.9 Å². The van der Waals surface area contributed by atoms with Gasteiger partial charge in [-0.05, 0) is 18.5 Å². The molecule has 0 saturated carbocycles. The van der Waals surface area contributed by atoms with E-state index in [1.807, 2.05) is 11.0 Å². The Labute approximate surface area is 156 Å². The molecule has 0 aliphatic carbocycles. The first-order valence-corrected chi connectivity index (χ1v) is 8.20. The topological polar surface area (TPSA) is 44.8 Å². The summed E-state index contributed by atoms with van der Waals surface area (Å²) in [5, 5.41) is 3.33. The average molecular weight is 376 g/mol. The highest BCUT2D eigenvalue weighted by Gasteiger charge is 2.30. The fourth-order valence-corrected chi connectivity index (χ4v) is 3.11. The number of hydrogen-bond acceptors (Lipinski definition) is 4. The molecule has 1 atom stereocenters. The van der Waals surface area contributed by atoms with E-state index in [1.54, 1.807) is 0 Å². The summed E-state index contributed by atoms with van der Waals surface area (Å²) in [6, 6.07) is 10.4. The molecule has 1 N–H and O–H groups in total. The maximum Gasteiger partial charge on any atom is 0.253 e. The molecule has 2 saturated heterocycles. The number of benzene rings is 1. The molecule has 0 radical (unpaired) electrons. The van der Waals surface area contributed by atoms with Gasteiger partial charge < -0.3 is 15.0 Å². The first-order chi connectivity index (χ1) is 10.8. The van der Waals surface area contributed by atoms with Crippen LogP contribution in [0.5, 0.6) is 0 Å². The fraction of sp³-hybridized carbons (Fsp3) is 0.588. The first-order valence-electron chi connectivity index (χ1n) is 8.20. The minimum absolute atomic E-state index is 0. The zero-order chi connectivity index (χ0) is 15.2. The molecular weight excluding hydrogens is 349 g/mol. The van der Waals surface area contributed by atoms with Gasteiger partial charge in [-0.3, -0.25) is 9.69 Å². The van der Waals surface area contributed by atoms with Crippen LogP contribution >= 0.6 is 24.8 Å². The van der Waals surface area contributed by atoms with Crippen molar-refractivity contribution in [1.82, 2.24) is 15.1 Å². The molecule has 1 amide bonds. The summed E-state index contributed by atoms with van der Waals surface area (Å²) in [4.78, 5) is 16.9. The van der Waals surface area contributed by atoms with E-state index in [0.29, 0.717) is 13.2 Å². The minimum Gasteiger partial charge on any atom is -0.366 e. The second kappa shape index (κ2) is 10.9. The number of amides is 1. The number of carbonyl (C=O) groups is 1. The van der Waals surface area contributed by atoms with Crippen molar-refractivity contribution in [3.63, 3.8) is 0 Å². The van der Waals surface area contributed by atoms with E-state index >= 15 is 0 Å². The number of ether oxygens (including phenoxy) is 1. The highest BCUT2D eigenvalue weighted by Crippen LogP contribution is 2.13. The van der Waals surface area contributed by atoms with Crippen LogP contribution in [0.25, 0.3) is 0 Å². The first kappa shape index (κ1) is 21.2. The molecular formula is C17H27Cl2N3O2. The molecule has 2 fully saturated rings. The van der Waals surface area contributed by atoms with Gasteiger partial charge in [0.25, 0.3) is 5.91 Å². The number of morpholine rings is 1. The molecule has 136 valence electrons. The molecule has 1 unspecified atom stereocenters. The third-order valence-electron chi connectivity index (χ3n) is 4.33. The van der Waals surface area contributed by atoms with Gasteiger partial charge in [-0.25, -0.2) is 0 Å². The molecule has 5 nitrogen and oxygen atoms in total. The van der Waals surface area contributed by atoms with Crippen molar-refractivity contribution in [3.05, 3.63) is 35.9 Å². The SMILES string of the molecule is Cl.Cl.O=C(C1CN(Cc2ccccc2)CCO1)N1CCCNCC1. The Bertz CT molecular complexity index is 482. The highest BCUT2D eigenvalue weighted by molar-refractivity contribution is 5.85. The van der Waals surface area contributed by atoms with Crippen LogP contribution in [0.15, 0.2) is 30.3 Å². The molecule has 2 aliphatic heterocycles. The summed E-state index contributed by atoms with van der Waals surface area (Å²) in [6.45, 7) is 6.60. The maximum absolute atomic E-state index is 12.7. The number of nitrogens with one attached hydrogen (secondary N) is 1. The second-order valence-electron chi connectivity index (χ2n) is 6.01. The smallest absolute Gasteiger partial charge is 0.253 e. The van der Waals surface area contributed by atoms with Gasteiger partial charge in [0.1, 0.15) is 6.10 Å². The third-order valence-corrected chi connectivity index (χ3v) is 4.33. The predicted molar refractivity (Wildman–Crippen MR) is 100 cm³/mol. The standard InChI is InChI=1S/C17H25N3O2.2ClH/c21-17(20-9-4-7-18-8-10-20)16-14-19(11-12-22-16)13-15-5-2-1-3-6-15;;/h1-3,5-6,16,18H,4,7-14H2;2*1H. The van der Waals surface area contributed by atoms with Gasteiger partial charge in [0.15, 0.2) is 0 Å². The lowest BCUT2D eigenvalue weighted by atomic mass is 10.1. The lowest BCUT2D eigenvalue weighted by molar-refractivity contribution is -0.149. The van der Waals surface area contributed by atoms with Crippen LogP contribution < -0.4 is 5.32 Å². The average Bonchev–Trinajstić information content (AvgIpc) is 2.85. The second-order valence-corrected chi connectivity index (χ2v) is 6.01. The molecule has 2 aliphatic rings. The van der Waals surface area contributed by atoms with Crippen LogP contribution in [0.1, 0.15) is 12.0 Å². The van der Waals surface area contributed by atoms with E-state index in [2.05, 4.69) is 34.5 Å². The van der Waals surface area contributed by atoms with Crippen LogP contribution in [-0.2, 0) is 16.1 Å². The molecule has 0 aromatic heterocycles. The largest absolute Gasteiger partial charge is 0.366 e. The zero-order valence-corrected chi connectivity index (χ0v) is 15.5. The number of carbonyl (C=O) groups excluding carboxylic acids is 1. The Morgan fingerprint density at radius 3 is 2.71 bits per heavy atom. The predicted octanol–water partition coefficient (Wildman–Crippen LogP) is 1.55. The van der Waals surface area contributed by atoms with Gasteiger partial charge in [0.2, 0.25) is 0 Å². The third kappa shape index (κ3) is 5.90. The Morgan fingerprint density at radius 2 is 1.92 bits per heavy atom. The quantitative estimate of drug-likeness (QED) is 0.870. The Balaban J connectivity index is 0.00000144. The number of halogens is 2. The highest BCUT2D eigenvalue weighted by atomic mass is 35.5. The van der Waals surface area contributed by atoms with Crippen molar-refractivity contribution in [1.29, 1.82) is 0 Å². The van der Waals surface area contributed by atoms with Gasteiger partial charge in [-0.1, -0.05) is 30.3 Å². The van der Waals surface area contributed by atoms with E-state index in [9.17, 15) is 4.79 Å². The van der Waals surface area contributed by atoms with E-state index in [-0.39, 0.29) is 36.8 Å². The van der Waals surface area contributed by atoms with Crippen LogP contribution in [-0.4, -0.2) is 67.7 Å². The minimum atomic E-state index is -0.310. The van der Waals surface area contributed by atoms with E-state index in [4.69, 9.17) is 4.74 Å². The number of nitrogens with zero attached hydrogens (tertiary/aromatic N) is 2. The van der Waals surface area contributed by atoms with Crippen LogP contribution in [0.2, 0.25) is 0 Å². The molecule has 1 aromatic rings. The van der Waals surface area contributed by atoms with Gasteiger partial charge in [-0.15, -0.1) is 24.8 Å². The lowest BCUT2D eigenvalue weighted by Gasteiger charge is -2.34. The van der Waals surface area contributed by atoms with Gasteiger partial charge >= 0.3 is 0 Å². The van der Waals surface area contributed by atoms with Crippen molar-refractivity contribution in [2.45, 2.75) is 19.1 Å². The summed E-state index contributed by atoms with van der Waals surface area (Å²) >= 11 is 0. The molecule has 1 aromatic carbocycles. The van der Waals surface area contributed by atoms with Crippen molar-refractivity contribution in [2.24, 2.45) is 0 Å². The van der Waals surface area contributed by atoms with Gasteiger partial charge in [-0.2, -0.15) is 0 Å². The monoisotopic (exact) mass is 375 g/mol. The Hall–Kier alpha value is -0.850. The summed E-state index contributed by atoms with van der Waals surface area (Å²) in [6.07, 6.45) is 0.710. The molecule has 7 heteroatoms. The van der Waals surface area contributed by atoms with E-state index in [1.165, 1.54) is 5.56 Å². The molecule has 0 bridgehead atoms.